The SMILES string of the molecule is C[C@H]1CCCC[C@H]1OCCNC(=O)c1cnn(C(C)(C)C)c1. The van der Waals surface area contributed by atoms with Crippen LogP contribution in [0.3, 0.4) is 0 Å². The second kappa shape index (κ2) is 7.27. The van der Waals surface area contributed by atoms with Gasteiger partial charge in [0.25, 0.3) is 5.91 Å². The van der Waals surface area contributed by atoms with Crippen molar-refractivity contribution in [2.24, 2.45) is 5.92 Å². The number of hydrogen-bond acceptors (Lipinski definition) is 3. The summed E-state index contributed by atoms with van der Waals surface area (Å²) in [6.07, 6.45) is 8.73. The van der Waals surface area contributed by atoms with Crippen LogP contribution in [-0.4, -0.2) is 34.9 Å². The molecule has 0 aliphatic heterocycles. The van der Waals surface area contributed by atoms with Gasteiger partial charge in [-0.3, -0.25) is 9.48 Å². The zero-order valence-corrected chi connectivity index (χ0v) is 14.3. The summed E-state index contributed by atoms with van der Waals surface area (Å²) in [6, 6.07) is 0. The Morgan fingerprint density at radius 2 is 2.14 bits per heavy atom. The minimum atomic E-state index is -0.112. The molecule has 1 aliphatic carbocycles. The van der Waals surface area contributed by atoms with Crippen LogP contribution in [0.1, 0.15) is 63.7 Å². The molecule has 1 aliphatic rings. The van der Waals surface area contributed by atoms with Gasteiger partial charge < -0.3 is 10.1 Å². The zero-order chi connectivity index (χ0) is 16.2. The number of nitrogens with one attached hydrogen (secondary N) is 1. The standard InChI is InChI=1S/C17H29N3O2/c1-13-7-5-6-8-15(13)22-10-9-18-16(21)14-11-19-20(12-14)17(2,3)4/h11-13,15H,5-10H2,1-4H3,(H,18,21)/t13-,15+/m0/s1. The maximum atomic E-state index is 12.1. The smallest absolute Gasteiger partial charge is 0.254 e. The Labute approximate surface area is 133 Å². The molecule has 0 saturated heterocycles. The van der Waals surface area contributed by atoms with E-state index in [1.165, 1.54) is 19.3 Å². The number of hydrogen-bond donors (Lipinski definition) is 1. The van der Waals surface area contributed by atoms with Crippen molar-refractivity contribution in [2.45, 2.75) is 65.0 Å². The van der Waals surface area contributed by atoms with E-state index in [0.29, 0.717) is 30.7 Å². The maximum Gasteiger partial charge on any atom is 0.254 e. The van der Waals surface area contributed by atoms with Gasteiger partial charge in [0.05, 0.1) is 30.0 Å². The lowest BCUT2D eigenvalue weighted by Gasteiger charge is -2.28. The summed E-state index contributed by atoms with van der Waals surface area (Å²) < 4.78 is 7.71. The highest BCUT2D eigenvalue weighted by molar-refractivity contribution is 5.93. The van der Waals surface area contributed by atoms with E-state index in [2.05, 4.69) is 38.1 Å². The van der Waals surface area contributed by atoms with Gasteiger partial charge in [0.15, 0.2) is 0 Å². The van der Waals surface area contributed by atoms with E-state index in [-0.39, 0.29) is 11.4 Å². The summed E-state index contributed by atoms with van der Waals surface area (Å²) in [5, 5.41) is 7.15. The largest absolute Gasteiger partial charge is 0.376 e. The number of rotatable bonds is 5. The number of ether oxygens (including phenoxy) is 1. The molecule has 22 heavy (non-hydrogen) atoms. The van der Waals surface area contributed by atoms with Crippen LogP contribution in [0.15, 0.2) is 12.4 Å². The molecule has 0 aromatic carbocycles. The summed E-state index contributed by atoms with van der Waals surface area (Å²) >= 11 is 0. The first-order valence-corrected chi connectivity index (χ1v) is 8.33. The minimum Gasteiger partial charge on any atom is -0.376 e. The van der Waals surface area contributed by atoms with Crippen LogP contribution in [0, 0.1) is 5.92 Å². The van der Waals surface area contributed by atoms with Gasteiger partial charge >= 0.3 is 0 Å². The molecule has 1 amide bonds. The molecular weight excluding hydrogens is 278 g/mol. The average molecular weight is 307 g/mol. The lowest BCUT2D eigenvalue weighted by atomic mass is 9.88. The predicted octanol–water partition coefficient (Wildman–Crippen LogP) is 2.96. The lowest BCUT2D eigenvalue weighted by molar-refractivity contribution is -0.00293. The fourth-order valence-corrected chi connectivity index (χ4v) is 2.81. The lowest BCUT2D eigenvalue weighted by Crippen LogP contribution is -2.31. The maximum absolute atomic E-state index is 12.1. The van der Waals surface area contributed by atoms with Crippen LogP contribution in [-0.2, 0) is 10.3 Å². The molecule has 0 radical (unpaired) electrons. The predicted molar refractivity (Wildman–Crippen MR) is 86.9 cm³/mol. The molecule has 0 bridgehead atoms. The summed E-state index contributed by atoms with van der Waals surface area (Å²) in [4.78, 5) is 12.1. The van der Waals surface area contributed by atoms with Gasteiger partial charge in [0, 0.05) is 12.7 Å². The van der Waals surface area contributed by atoms with Crippen LogP contribution < -0.4 is 5.32 Å². The van der Waals surface area contributed by atoms with Crippen molar-refractivity contribution in [3.63, 3.8) is 0 Å². The first-order valence-electron chi connectivity index (χ1n) is 8.33. The Morgan fingerprint density at radius 1 is 1.41 bits per heavy atom. The normalized spacial score (nSPS) is 22.5. The summed E-state index contributed by atoms with van der Waals surface area (Å²) in [5.74, 6) is 0.547. The second-order valence-corrected chi connectivity index (χ2v) is 7.27. The molecule has 2 atom stereocenters. The van der Waals surface area contributed by atoms with Gasteiger partial charge in [-0.15, -0.1) is 0 Å². The van der Waals surface area contributed by atoms with Gasteiger partial charge in [-0.25, -0.2) is 0 Å². The van der Waals surface area contributed by atoms with Crippen molar-refractivity contribution >= 4 is 5.91 Å². The van der Waals surface area contributed by atoms with Gasteiger partial charge in [-0.2, -0.15) is 5.10 Å². The highest BCUT2D eigenvalue weighted by atomic mass is 16.5. The topological polar surface area (TPSA) is 56.1 Å². The number of nitrogens with zero attached hydrogens (tertiary/aromatic N) is 2. The summed E-state index contributed by atoms with van der Waals surface area (Å²) in [5.41, 5.74) is 0.486. The van der Waals surface area contributed by atoms with Crippen LogP contribution in [0.4, 0.5) is 0 Å². The second-order valence-electron chi connectivity index (χ2n) is 7.27. The Bertz CT molecular complexity index is 490. The molecule has 1 heterocycles. The molecule has 1 aromatic rings. The van der Waals surface area contributed by atoms with E-state index in [4.69, 9.17) is 4.74 Å². The van der Waals surface area contributed by atoms with Crippen molar-refractivity contribution in [1.82, 2.24) is 15.1 Å². The Hall–Kier alpha value is -1.36. The molecule has 5 heteroatoms. The monoisotopic (exact) mass is 307 g/mol. The van der Waals surface area contributed by atoms with E-state index >= 15 is 0 Å². The number of carbonyl (C=O) groups is 1. The summed E-state index contributed by atoms with van der Waals surface area (Å²) in [7, 11) is 0. The number of carbonyl (C=O) groups excluding carboxylic acids is 1. The first-order chi connectivity index (χ1) is 10.4. The van der Waals surface area contributed by atoms with E-state index in [1.807, 2.05) is 4.68 Å². The highest BCUT2D eigenvalue weighted by Gasteiger charge is 2.21. The number of amides is 1. The van der Waals surface area contributed by atoms with E-state index in [0.717, 1.165) is 6.42 Å². The summed E-state index contributed by atoms with van der Waals surface area (Å²) in [6.45, 7) is 9.54. The van der Waals surface area contributed by atoms with Gasteiger partial charge in [0.2, 0.25) is 0 Å². The van der Waals surface area contributed by atoms with Crippen LogP contribution in [0.5, 0.6) is 0 Å². The molecule has 124 valence electrons. The van der Waals surface area contributed by atoms with Crippen molar-refractivity contribution in [3.05, 3.63) is 18.0 Å². The quantitative estimate of drug-likeness (QED) is 0.851. The van der Waals surface area contributed by atoms with Crippen LogP contribution >= 0.6 is 0 Å². The van der Waals surface area contributed by atoms with Crippen molar-refractivity contribution in [2.75, 3.05) is 13.2 Å². The van der Waals surface area contributed by atoms with E-state index in [1.54, 1.807) is 12.4 Å². The molecule has 1 N–H and O–H groups in total. The zero-order valence-electron chi connectivity index (χ0n) is 14.3. The molecule has 5 nitrogen and oxygen atoms in total. The molecule has 1 fully saturated rings. The molecule has 0 unspecified atom stereocenters. The Balaban J connectivity index is 1.72. The third-order valence-electron chi connectivity index (χ3n) is 4.28. The van der Waals surface area contributed by atoms with E-state index in [9.17, 15) is 4.79 Å². The van der Waals surface area contributed by atoms with Crippen molar-refractivity contribution in [3.8, 4) is 0 Å². The Kier molecular flexibility index (Phi) is 5.62. The third kappa shape index (κ3) is 4.57. The van der Waals surface area contributed by atoms with E-state index < -0.39 is 0 Å². The number of aromatic nitrogens is 2. The molecule has 2 rings (SSSR count). The van der Waals surface area contributed by atoms with Gasteiger partial charge in [-0.1, -0.05) is 19.8 Å². The molecule has 1 aromatic heterocycles. The van der Waals surface area contributed by atoms with Crippen LogP contribution in [0.2, 0.25) is 0 Å². The molecular formula is C17H29N3O2. The fraction of sp³-hybridized carbons (Fsp3) is 0.765. The third-order valence-corrected chi connectivity index (χ3v) is 4.28. The first kappa shape index (κ1) is 17.0. The highest BCUT2D eigenvalue weighted by Crippen LogP contribution is 2.25. The minimum absolute atomic E-state index is 0.0872. The van der Waals surface area contributed by atoms with Crippen LogP contribution in [0.25, 0.3) is 0 Å². The van der Waals surface area contributed by atoms with Crippen molar-refractivity contribution < 1.29 is 9.53 Å². The van der Waals surface area contributed by atoms with Crippen molar-refractivity contribution in [1.29, 1.82) is 0 Å². The molecule has 0 spiro atoms. The molecule has 1 saturated carbocycles. The average Bonchev–Trinajstić information content (AvgIpc) is 2.95. The van der Waals surface area contributed by atoms with Gasteiger partial charge in [-0.05, 0) is 39.5 Å². The van der Waals surface area contributed by atoms with Gasteiger partial charge in [0.1, 0.15) is 0 Å². The fourth-order valence-electron chi connectivity index (χ4n) is 2.81. The Morgan fingerprint density at radius 3 is 2.77 bits per heavy atom.